The van der Waals surface area contributed by atoms with Crippen LogP contribution in [0.1, 0.15) is 42.5 Å². The summed E-state index contributed by atoms with van der Waals surface area (Å²) in [4.78, 5) is 7.13. The van der Waals surface area contributed by atoms with Gasteiger partial charge in [-0.05, 0) is 32.4 Å². The molecule has 0 saturated heterocycles. The number of fused-ring (bicyclic) bond motifs is 1. The molecule has 1 aliphatic carbocycles. The first-order valence-corrected chi connectivity index (χ1v) is 9.34. The highest BCUT2D eigenvalue weighted by Crippen LogP contribution is 2.30. The van der Waals surface area contributed by atoms with Crippen LogP contribution in [-0.2, 0) is 6.54 Å². The van der Waals surface area contributed by atoms with Gasteiger partial charge in [0.05, 0.1) is 11.4 Å². The van der Waals surface area contributed by atoms with Crippen molar-refractivity contribution in [3.8, 4) is 0 Å². The molecule has 1 N–H and O–H groups in total. The molecule has 2 aromatic heterocycles. The Morgan fingerprint density at radius 2 is 2.30 bits per heavy atom. The van der Waals surface area contributed by atoms with Crippen LogP contribution in [0.15, 0.2) is 6.20 Å². The van der Waals surface area contributed by atoms with Crippen LogP contribution in [0.3, 0.4) is 0 Å². The van der Waals surface area contributed by atoms with E-state index in [4.69, 9.17) is 0 Å². The van der Waals surface area contributed by atoms with E-state index in [2.05, 4.69) is 53.4 Å². The lowest BCUT2D eigenvalue weighted by atomic mass is 10.2. The van der Waals surface area contributed by atoms with Gasteiger partial charge in [-0.15, -0.1) is 11.3 Å². The highest BCUT2D eigenvalue weighted by atomic mass is 32.2. The van der Waals surface area contributed by atoms with Gasteiger partial charge < -0.3 is 5.32 Å². The maximum absolute atomic E-state index is 4.67. The summed E-state index contributed by atoms with van der Waals surface area (Å²) in [5.74, 6) is 1.22. The van der Waals surface area contributed by atoms with Crippen molar-refractivity contribution >= 4 is 28.1 Å². The van der Waals surface area contributed by atoms with Crippen molar-refractivity contribution < 1.29 is 0 Å². The van der Waals surface area contributed by atoms with Crippen LogP contribution >= 0.6 is 23.1 Å². The number of hydrogen-bond acceptors (Lipinski definition) is 4. The first-order valence-electron chi connectivity index (χ1n) is 7.48. The molecule has 3 nitrogen and oxygen atoms in total. The Labute approximate surface area is 129 Å². The SMILES string of the molecule is CCSC1CCCC1NCc1c(C)nc2sc(C)cn12. The summed E-state index contributed by atoms with van der Waals surface area (Å²) >= 11 is 3.89. The summed E-state index contributed by atoms with van der Waals surface area (Å²) in [7, 11) is 0. The van der Waals surface area contributed by atoms with Gasteiger partial charge in [0.25, 0.3) is 0 Å². The van der Waals surface area contributed by atoms with E-state index in [1.54, 1.807) is 11.3 Å². The van der Waals surface area contributed by atoms with Crippen LogP contribution in [0, 0.1) is 13.8 Å². The molecule has 20 heavy (non-hydrogen) atoms. The van der Waals surface area contributed by atoms with Crippen molar-refractivity contribution in [3.63, 3.8) is 0 Å². The monoisotopic (exact) mass is 309 g/mol. The normalized spacial score (nSPS) is 22.9. The molecular formula is C15H23N3S2. The summed E-state index contributed by atoms with van der Waals surface area (Å²) in [5.41, 5.74) is 2.50. The van der Waals surface area contributed by atoms with Crippen LogP contribution in [0.5, 0.6) is 0 Å². The topological polar surface area (TPSA) is 29.3 Å². The van der Waals surface area contributed by atoms with Crippen molar-refractivity contribution in [1.82, 2.24) is 14.7 Å². The average Bonchev–Trinajstić information content (AvgIpc) is 3.04. The summed E-state index contributed by atoms with van der Waals surface area (Å²) in [6, 6.07) is 0.671. The molecular weight excluding hydrogens is 286 g/mol. The first-order chi connectivity index (χ1) is 9.69. The van der Waals surface area contributed by atoms with Crippen LogP contribution in [0.4, 0.5) is 0 Å². The minimum atomic E-state index is 0.671. The van der Waals surface area contributed by atoms with Gasteiger partial charge in [0.1, 0.15) is 0 Å². The second kappa shape index (κ2) is 6.08. The molecule has 0 aliphatic heterocycles. The fourth-order valence-electron chi connectivity index (χ4n) is 3.12. The summed E-state index contributed by atoms with van der Waals surface area (Å²) in [5, 5.41) is 4.58. The number of aromatic nitrogens is 2. The van der Waals surface area contributed by atoms with Gasteiger partial charge in [0.15, 0.2) is 4.96 Å². The minimum absolute atomic E-state index is 0.671. The third-order valence-corrected chi connectivity index (χ3v) is 6.33. The Balaban J connectivity index is 1.71. The third-order valence-electron chi connectivity index (χ3n) is 4.11. The van der Waals surface area contributed by atoms with E-state index in [9.17, 15) is 0 Å². The van der Waals surface area contributed by atoms with Crippen LogP contribution in [-0.4, -0.2) is 26.4 Å². The number of nitrogens with zero attached hydrogens (tertiary/aromatic N) is 2. The van der Waals surface area contributed by atoms with E-state index in [1.165, 1.54) is 41.3 Å². The highest BCUT2D eigenvalue weighted by Gasteiger charge is 2.27. The first kappa shape index (κ1) is 14.4. The molecule has 1 saturated carbocycles. The fraction of sp³-hybridized carbons (Fsp3) is 0.667. The van der Waals surface area contributed by atoms with E-state index >= 15 is 0 Å². The van der Waals surface area contributed by atoms with E-state index < -0.39 is 0 Å². The van der Waals surface area contributed by atoms with Crippen molar-refractivity contribution in [2.24, 2.45) is 0 Å². The van der Waals surface area contributed by atoms with E-state index in [1.807, 2.05) is 0 Å². The smallest absolute Gasteiger partial charge is 0.194 e. The molecule has 2 unspecified atom stereocenters. The number of nitrogens with one attached hydrogen (secondary N) is 1. The zero-order valence-corrected chi connectivity index (χ0v) is 14.1. The average molecular weight is 310 g/mol. The van der Waals surface area contributed by atoms with E-state index in [-0.39, 0.29) is 0 Å². The lowest BCUT2D eigenvalue weighted by Gasteiger charge is -2.20. The molecule has 1 fully saturated rings. The molecule has 0 bridgehead atoms. The second-order valence-corrected chi connectivity index (χ2v) is 8.28. The van der Waals surface area contributed by atoms with Gasteiger partial charge in [-0.3, -0.25) is 4.40 Å². The quantitative estimate of drug-likeness (QED) is 0.911. The Morgan fingerprint density at radius 3 is 3.10 bits per heavy atom. The van der Waals surface area contributed by atoms with Crippen molar-refractivity contribution in [2.45, 2.75) is 57.9 Å². The molecule has 0 spiro atoms. The number of imidazole rings is 1. The lowest BCUT2D eigenvalue weighted by Crippen LogP contribution is -2.34. The molecule has 5 heteroatoms. The van der Waals surface area contributed by atoms with Crippen LogP contribution in [0.2, 0.25) is 0 Å². The van der Waals surface area contributed by atoms with Gasteiger partial charge in [-0.25, -0.2) is 4.98 Å². The van der Waals surface area contributed by atoms with Gasteiger partial charge in [0.2, 0.25) is 0 Å². The van der Waals surface area contributed by atoms with Gasteiger partial charge in [0, 0.05) is 28.9 Å². The highest BCUT2D eigenvalue weighted by molar-refractivity contribution is 7.99. The number of hydrogen-bond donors (Lipinski definition) is 1. The second-order valence-electron chi connectivity index (χ2n) is 5.55. The number of aryl methyl sites for hydroxylation is 2. The standard InChI is InChI=1S/C15H23N3S2/c1-4-19-14-7-5-6-12(14)16-8-13-11(3)17-15-18(13)9-10(2)20-15/h9,12,14,16H,4-8H2,1-3H3. The molecule has 2 heterocycles. The van der Waals surface area contributed by atoms with Crippen molar-refractivity contribution in [3.05, 3.63) is 22.5 Å². The molecule has 1 aliphatic rings. The molecule has 2 atom stereocenters. The number of rotatable bonds is 5. The molecule has 3 rings (SSSR count). The minimum Gasteiger partial charge on any atom is -0.307 e. The fourth-order valence-corrected chi connectivity index (χ4v) is 5.24. The third kappa shape index (κ3) is 2.76. The number of thiazole rings is 1. The maximum atomic E-state index is 4.67. The molecule has 0 aromatic carbocycles. The van der Waals surface area contributed by atoms with Gasteiger partial charge in [-0.2, -0.15) is 11.8 Å². The van der Waals surface area contributed by atoms with Crippen LogP contribution in [0.25, 0.3) is 4.96 Å². The summed E-state index contributed by atoms with van der Waals surface area (Å²) in [6.45, 7) is 7.48. The Morgan fingerprint density at radius 1 is 1.45 bits per heavy atom. The van der Waals surface area contributed by atoms with E-state index in [0.717, 1.165) is 16.8 Å². The van der Waals surface area contributed by atoms with Crippen molar-refractivity contribution in [1.29, 1.82) is 0 Å². The van der Waals surface area contributed by atoms with Gasteiger partial charge in [-0.1, -0.05) is 13.3 Å². The molecule has 0 amide bonds. The molecule has 0 radical (unpaired) electrons. The molecule has 2 aromatic rings. The van der Waals surface area contributed by atoms with Crippen molar-refractivity contribution in [2.75, 3.05) is 5.75 Å². The predicted octanol–water partition coefficient (Wildman–Crippen LogP) is 3.78. The largest absolute Gasteiger partial charge is 0.307 e. The zero-order valence-electron chi connectivity index (χ0n) is 12.5. The molecule has 110 valence electrons. The number of thioether (sulfide) groups is 1. The van der Waals surface area contributed by atoms with E-state index in [0.29, 0.717) is 6.04 Å². The summed E-state index contributed by atoms with van der Waals surface area (Å²) < 4.78 is 2.26. The predicted molar refractivity (Wildman–Crippen MR) is 88.9 cm³/mol. The Bertz CT molecular complexity index is 587. The van der Waals surface area contributed by atoms with Crippen LogP contribution < -0.4 is 5.32 Å². The zero-order chi connectivity index (χ0) is 14.1. The Kier molecular flexibility index (Phi) is 4.38. The maximum Gasteiger partial charge on any atom is 0.194 e. The van der Waals surface area contributed by atoms with Gasteiger partial charge >= 0.3 is 0 Å². The summed E-state index contributed by atoms with van der Waals surface area (Å²) in [6.07, 6.45) is 6.27. The Hall–Kier alpha value is -0.520. The lowest BCUT2D eigenvalue weighted by molar-refractivity contribution is 0.524.